The summed E-state index contributed by atoms with van der Waals surface area (Å²) in [6, 6.07) is 7.78. The summed E-state index contributed by atoms with van der Waals surface area (Å²) in [7, 11) is 3.27. The lowest BCUT2D eigenvalue weighted by Crippen LogP contribution is -2.41. The highest BCUT2D eigenvalue weighted by Gasteiger charge is 2.25. The van der Waals surface area contributed by atoms with Gasteiger partial charge in [0.1, 0.15) is 5.76 Å². The van der Waals surface area contributed by atoms with E-state index in [4.69, 9.17) is 9.15 Å². The lowest BCUT2D eigenvalue weighted by molar-refractivity contribution is -0.128. The monoisotopic (exact) mass is 290 g/mol. The van der Waals surface area contributed by atoms with Crippen LogP contribution in [0.1, 0.15) is 19.6 Å². The van der Waals surface area contributed by atoms with Gasteiger partial charge in [-0.3, -0.25) is 4.79 Å². The first-order valence-electron chi connectivity index (χ1n) is 6.96. The van der Waals surface area contributed by atoms with E-state index in [2.05, 4.69) is 10.6 Å². The number of rotatable bonds is 6. The molecule has 114 valence electrons. The number of methoxy groups -OCH3 is 1. The average molecular weight is 290 g/mol. The van der Waals surface area contributed by atoms with E-state index in [1.165, 1.54) is 0 Å². The highest BCUT2D eigenvalue weighted by atomic mass is 16.5. The maximum atomic E-state index is 11.7. The molecule has 0 saturated heterocycles. The molecule has 0 unspecified atom stereocenters. The van der Waals surface area contributed by atoms with Gasteiger partial charge in [-0.25, -0.2) is 0 Å². The first-order valence-corrected chi connectivity index (χ1v) is 6.96. The molecule has 0 aliphatic heterocycles. The second kappa shape index (κ2) is 6.18. The van der Waals surface area contributed by atoms with Crippen molar-refractivity contribution in [2.45, 2.75) is 20.4 Å². The standard InChI is InChI=1S/C16H22N2O3/c1-16(2,15(19)17-3)10-18-9-12-8-11-6-5-7-13(20-4)14(11)21-12/h5-8,18H,9-10H2,1-4H3,(H,17,19). The fourth-order valence-electron chi connectivity index (χ4n) is 2.25. The Morgan fingerprint density at radius 3 is 2.81 bits per heavy atom. The van der Waals surface area contributed by atoms with Crippen LogP contribution in [0.2, 0.25) is 0 Å². The molecule has 1 aromatic heterocycles. The van der Waals surface area contributed by atoms with Gasteiger partial charge in [-0.05, 0) is 26.0 Å². The molecule has 5 nitrogen and oxygen atoms in total. The summed E-state index contributed by atoms with van der Waals surface area (Å²) in [6.45, 7) is 4.94. The van der Waals surface area contributed by atoms with Crippen LogP contribution < -0.4 is 15.4 Å². The number of hydrogen-bond donors (Lipinski definition) is 2. The minimum absolute atomic E-state index is 0.0151. The molecule has 0 fully saturated rings. The summed E-state index contributed by atoms with van der Waals surface area (Å²) in [5.74, 6) is 1.56. The van der Waals surface area contributed by atoms with Crippen molar-refractivity contribution in [1.29, 1.82) is 0 Å². The number of fused-ring (bicyclic) bond motifs is 1. The molecule has 0 atom stereocenters. The predicted octanol–water partition coefficient (Wildman–Crippen LogP) is 2.30. The Hall–Kier alpha value is -2.01. The van der Waals surface area contributed by atoms with Crippen molar-refractivity contribution in [1.82, 2.24) is 10.6 Å². The van der Waals surface area contributed by atoms with Crippen molar-refractivity contribution in [3.8, 4) is 5.75 Å². The van der Waals surface area contributed by atoms with Gasteiger partial charge in [0, 0.05) is 19.0 Å². The molecule has 1 amide bonds. The Kier molecular flexibility index (Phi) is 4.53. The van der Waals surface area contributed by atoms with Crippen LogP contribution in [0.4, 0.5) is 0 Å². The third kappa shape index (κ3) is 3.36. The first kappa shape index (κ1) is 15.4. The van der Waals surface area contributed by atoms with E-state index in [9.17, 15) is 4.79 Å². The van der Waals surface area contributed by atoms with E-state index in [0.29, 0.717) is 13.1 Å². The molecule has 21 heavy (non-hydrogen) atoms. The van der Waals surface area contributed by atoms with Gasteiger partial charge in [0.05, 0.1) is 19.1 Å². The topological polar surface area (TPSA) is 63.5 Å². The van der Waals surface area contributed by atoms with E-state index < -0.39 is 5.41 Å². The SMILES string of the molecule is CNC(=O)C(C)(C)CNCc1cc2cccc(OC)c2o1. The van der Waals surface area contributed by atoms with Gasteiger partial charge >= 0.3 is 0 Å². The summed E-state index contributed by atoms with van der Waals surface area (Å²) in [6.07, 6.45) is 0. The smallest absolute Gasteiger partial charge is 0.226 e. The second-order valence-electron chi connectivity index (χ2n) is 5.66. The molecular formula is C16H22N2O3. The normalized spacial score (nSPS) is 11.6. The summed E-state index contributed by atoms with van der Waals surface area (Å²) in [5.41, 5.74) is 0.292. The van der Waals surface area contributed by atoms with Crippen molar-refractivity contribution in [2.24, 2.45) is 5.41 Å². The van der Waals surface area contributed by atoms with Gasteiger partial charge in [0.25, 0.3) is 0 Å². The number of benzene rings is 1. The lowest BCUT2D eigenvalue weighted by Gasteiger charge is -2.22. The molecule has 0 aliphatic rings. The average Bonchev–Trinajstić information content (AvgIpc) is 2.88. The largest absolute Gasteiger partial charge is 0.493 e. The molecule has 0 spiro atoms. The Labute approximate surface area is 124 Å². The molecule has 0 saturated carbocycles. The van der Waals surface area contributed by atoms with Gasteiger partial charge in [0.15, 0.2) is 11.3 Å². The zero-order valence-electron chi connectivity index (χ0n) is 12.9. The van der Waals surface area contributed by atoms with E-state index in [0.717, 1.165) is 22.5 Å². The number of amides is 1. The highest BCUT2D eigenvalue weighted by Crippen LogP contribution is 2.28. The Balaban J connectivity index is 2.03. The predicted molar refractivity (Wildman–Crippen MR) is 82.3 cm³/mol. The van der Waals surface area contributed by atoms with Crippen molar-refractivity contribution in [3.63, 3.8) is 0 Å². The molecule has 1 heterocycles. The number of carbonyl (C=O) groups excluding carboxylic acids is 1. The van der Waals surface area contributed by atoms with Gasteiger partial charge in [0.2, 0.25) is 5.91 Å². The number of carbonyl (C=O) groups is 1. The Morgan fingerprint density at radius 1 is 1.38 bits per heavy atom. The van der Waals surface area contributed by atoms with Crippen LogP contribution in [0.3, 0.4) is 0 Å². The third-order valence-corrected chi connectivity index (χ3v) is 3.49. The first-order chi connectivity index (χ1) is 9.97. The van der Waals surface area contributed by atoms with Crippen molar-refractivity contribution >= 4 is 16.9 Å². The summed E-state index contributed by atoms with van der Waals surface area (Å²) in [5, 5.41) is 6.94. The molecule has 0 bridgehead atoms. The zero-order chi connectivity index (χ0) is 15.5. The Morgan fingerprint density at radius 2 is 2.14 bits per heavy atom. The highest BCUT2D eigenvalue weighted by molar-refractivity contribution is 5.83. The molecule has 0 aliphatic carbocycles. The van der Waals surface area contributed by atoms with Crippen LogP contribution in [-0.4, -0.2) is 26.6 Å². The molecular weight excluding hydrogens is 268 g/mol. The zero-order valence-corrected chi connectivity index (χ0v) is 12.9. The molecule has 1 aromatic carbocycles. The van der Waals surface area contributed by atoms with Crippen LogP contribution in [0.5, 0.6) is 5.75 Å². The van der Waals surface area contributed by atoms with Crippen LogP contribution in [0.25, 0.3) is 11.0 Å². The van der Waals surface area contributed by atoms with Crippen LogP contribution >= 0.6 is 0 Å². The second-order valence-corrected chi connectivity index (χ2v) is 5.66. The van der Waals surface area contributed by atoms with Crippen molar-refractivity contribution in [3.05, 3.63) is 30.0 Å². The number of para-hydroxylation sites is 1. The van der Waals surface area contributed by atoms with Gasteiger partial charge in [-0.1, -0.05) is 12.1 Å². The van der Waals surface area contributed by atoms with E-state index in [-0.39, 0.29) is 5.91 Å². The fourth-order valence-corrected chi connectivity index (χ4v) is 2.25. The van der Waals surface area contributed by atoms with E-state index in [1.807, 2.05) is 38.1 Å². The van der Waals surface area contributed by atoms with E-state index in [1.54, 1.807) is 14.2 Å². The lowest BCUT2D eigenvalue weighted by atomic mass is 9.92. The van der Waals surface area contributed by atoms with Crippen molar-refractivity contribution < 1.29 is 13.9 Å². The van der Waals surface area contributed by atoms with Crippen LogP contribution in [-0.2, 0) is 11.3 Å². The van der Waals surface area contributed by atoms with Crippen LogP contribution in [0.15, 0.2) is 28.7 Å². The summed E-state index contributed by atoms with van der Waals surface area (Å²) in [4.78, 5) is 11.7. The fraction of sp³-hybridized carbons (Fsp3) is 0.438. The number of ether oxygens (including phenoxy) is 1. The molecule has 5 heteroatoms. The van der Waals surface area contributed by atoms with Gasteiger partial charge in [-0.2, -0.15) is 0 Å². The number of hydrogen-bond acceptors (Lipinski definition) is 4. The minimum atomic E-state index is -0.460. The quantitative estimate of drug-likeness (QED) is 0.857. The van der Waals surface area contributed by atoms with Crippen LogP contribution in [0, 0.1) is 5.41 Å². The third-order valence-electron chi connectivity index (χ3n) is 3.49. The minimum Gasteiger partial charge on any atom is -0.493 e. The van der Waals surface area contributed by atoms with Gasteiger partial charge < -0.3 is 19.8 Å². The molecule has 2 rings (SSSR count). The Bertz CT molecular complexity index is 631. The number of nitrogens with one attached hydrogen (secondary N) is 2. The molecule has 2 N–H and O–H groups in total. The molecule has 0 radical (unpaired) electrons. The maximum absolute atomic E-state index is 11.7. The molecule has 2 aromatic rings. The summed E-state index contributed by atoms with van der Waals surface area (Å²) < 4.78 is 11.1. The van der Waals surface area contributed by atoms with E-state index >= 15 is 0 Å². The van der Waals surface area contributed by atoms with Gasteiger partial charge in [-0.15, -0.1) is 0 Å². The summed E-state index contributed by atoms with van der Waals surface area (Å²) >= 11 is 0. The maximum Gasteiger partial charge on any atom is 0.226 e. The number of furan rings is 1. The van der Waals surface area contributed by atoms with Crippen molar-refractivity contribution in [2.75, 3.05) is 20.7 Å².